The number of carbonyl (C=O) groups is 1. The largest absolute Gasteiger partial charge is 0.335 e. The number of aromatic nitrogens is 1. The van der Waals surface area contributed by atoms with Crippen LogP contribution in [0.4, 0.5) is 4.79 Å². The van der Waals surface area contributed by atoms with E-state index in [-0.39, 0.29) is 6.03 Å². The van der Waals surface area contributed by atoms with Gasteiger partial charge in [0.1, 0.15) is 0 Å². The summed E-state index contributed by atoms with van der Waals surface area (Å²) in [7, 11) is 0. The van der Waals surface area contributed by atoms with Gasteiger partial charge in [-0.15, -0.1) is 11.3 Å². The summed E-state index contributed by atoms with van der Waals surface area (Å²) in [6.07, 6.45) is 5.28. The van der Waals surface area contributed by atoms with Crippen LogP contribution >= 0.6 is 11.3 Å². The van der Waals surface area contributed by atoms with E-state index in [9.17, 15) is 4.79 Å². The van der Waals surface area contributed by atoms with E-state index in [0.29, 0.717) is 12.6 Å². The fourth-order valence-electron chi connectivity index (χ4n) is 1.44. The van der Waals surface area contributed by atoms with E-state index < -0.39 is 0 Å². The second-order valence-electron chi connectivity index (χ2n) is 3.80. The quantitative estimate of drug-likeness (QED) is 0.824. The topological polar surface area (TPSA) is 54.0 Å². The number of rotatable bonds is 3. The van der Waals surface area contributed by atoms with Gasteiger partial charge in [0.2, 0.25) is 0 Å². The van der Waals surface area contributed by atoms with Crippen LogP contribution in [-0.4, -0.2) is 17.1 Å². The van der Waals surface area contributed by atoms with E-state index in [0.717, 1.165) is 22.7 Å². The molecule has 0 radical (unpaired) electrons. The minimum atomic E-state index is -0.0641. The molecular weight excluding hydrogens is 210 g/mol. The molecule has 0 unspecified atom stereocenters. The van der Waals surface area contributed by atoms with Gasteiger partial charge in [0.25, 0.3) is 0 Å². The first kappa shape index (κ1) is 10.4. The van der Waals surface area contributed by atoms with Crippen molar-refractivity contribution in [3.63, 3.8) is 0 Å². The second-order valence-corrected chi connectivity index (χ2v) is 5.12. The summed E-state index contributed by atoms with van der Waals surface area (Å²) in [4.78, 5) is 16.6. The second kappa shape index (κ2) is 4.61. The molecule has 15 heavy (non-hydrogen) atoms. The first-order valence-electron chi connectivity index (χ1n) is 5.20. The Morgan fingerprint density at radius 3 is 3.00 bits per heavy atom. The lowest BCUT2D eigenvalue weighted by molar-refractivity contribution is 0.228. The van der Waals surface area contributed by atoms with Gasteiger partial charge in [-0.25, -0.2) is 9.78 Å². The lowest BCUT2D eigenvalue weighted by atomic mass is 9.93. The van der Waals surface area contributed by atoms with E-state index in [4.69, 9.17) is 0 Å². The Morgan fingerprint density at radius 1 is 1.67 bits per heavy atom. The Balaban J connectivity index is 1.70. The number of nitrogens with one attached hydrogen (secondary N) is 2. The van der Waals surface area contributed by atoms with Gasteiger partial charge in [0, 0.05) is 17.1 Å². The molecule has 2 N–H and O–H groups in total. The molecule has 5 heteroatoms. The molecule has 0 saturated heterocycles. The number of thiazole rings is 1. The van der Waals surface area contributed by atoms with E-state index in [1.807, 2.05) is 13.1 Å². The first-order chi connectivity index (χ1) is 7.24. The minimum absolute atomic E-state index is 0.0641. The lowest BCUT2D eigenvalue weighted by Crippen LogP contribution is -2.44. The number of aryl methyl sites for hydroxylation is 1. The van der Waals surface area contributed by atoms with Gasteiger partial charge in [0.05, 0.1) is 11.6 Å². The Morgan fingerprint density at radius 2 is 2.47 bits per heavy atom. The standard InChI is InChI=1S/C10H15N3OS/c1-7-11-5-9(15-7)6-12-10(14)13-8-3-2-4-8/h5,8H,2-4,6H2,1H3,(H2,12,13,14). The van der Waals surface area contributed by atoms with Crippen LogP contribution < -0.4 is 10.6 Å². The van der Waals surface area contributed by atoms with Crippen LogP contribution in [-0.2, 0) is 6.54 Å². The van der Waals surface area contributed by atoms with Crippen molar-refractivity contribution in [2.75, 3.05) is 0 Å². The maximum absolute atomic E-state index is 11.4. The van der Waals surface area contributed by atoms with Crippen LogP contribution in [0.3, 0.4) is 0 Å². The normalized spacial score (nSPS) is 15.8. The third-order valence-corrected chi connectivity index (χ3v) is 3.45. The first-order valence-corrected chi connectivity index (χ1v) is 6.01. The molecule has 0 aromatic carbocycles. The average Bonchev–Trinajstić information content (AvgIpc) is 2.55. The number of nitrogens with zero attached hydrogens (tertiary/aromatic N) is 1. The highest BCUT2D eigenvalue weighted by Gasteiger charge is 2.18. The van der Waals surface area contributed by atoms with Crippen LogP contribution in [0.1, 0.15) is 29.1 Å². The molecule has 0 spiro atoms. The third kappa shape index (κ3) is 2.92. The van der Waals surface area contributed by atoms with Crippen molar-refractivity contribution in [1.82, 2.24) is 15.6 Å². The smallest absolute Gasteiger partial charge is 0.315 e. The highest BCUT2D eigenvalue weighted by Crippen LogP contribution is 2.17. The van der Waals surface area contributed by atoms with Crippen LogP contribution in [0.2, 0.25) is 0 Å². The van der Waals surface area contributed by atoms with Crippen molar-refractivity contribution >= 4 is 17.4 Å². The van der Waals surface area contributed by atoms with Crippen molar-refractivity contribution in [3.05, 3.63) is 16.1 Å². The third-order valence-electron chi connectivity index (χ3n) is 2.53. The van der Waals surface area contributed by atoms with E-state index in [1.54, 1.807) is 11.3 Å². The van der Waals surface area contributed by atoms with Gasteiger partial charge >= 0.3 is 6.03 Å². The van der Waals surface area contributed by atoms with Gasteiger partial charge in [-0.2, -0.15) is 0 Å². The number of amides is 2. The predicted molar refractivity (Wildman–Crippen MR) is 59.9 cm³/mol. The Hall–Kier alpha value is -1.10. The fraction of sp³-hybridized carbons (Fsp3) is 0.600. The number of hydrogen-bond donors (Lipinski definition) is 2. The van der Waals surface area contributed by atoms with Crippen LogP contribution in [0, 0.1) is 6.92 Å². The van der Waals surface area contributed by atoms with Crippen LogP contribution in [0.5, 0.6) is 0 Å². The summed E-state index contributed by atoms with van der Waals surface area (Å²) in [5, 5.41) is 6.79. The molecule has 1 aliphatic carbocycles. The van der Waals surface area contributed by atoms with E-state index >= 15 is 0 Å². The molecule has 1 saturated carbocycles. The molecule has 0 aliphatic heterocycles. The van der Waals surface area contributed by atoms with Gasteiger partial charge < -0.3 is 10.6 Å². The van der Waals surface area contributed by atoms with Crippen molar-refractivity contribution < 1.29 is 4.79 Å². The fourth-order valence-corrected chi connectivity index (χ4v) is 2.18. The Labute approximate surface area is 93.1 Å². The monoisotopic (exact) mass is 225 g/mol. The number of urea groups is 1. The highest BCUT2D eigenvalue weighted by molar-refractivity contribution is 7.11. The zero-order valence-corrected chi connectivity index (χ0v) is 9.56. The summed E-state index contributed by atoms with van der Waals surface area (Å²) in [5.74, 6) is 0. The van der Waals surface area contributed by atoms with Crippen molar-refractivity contribution in [3.8, 4) is 0 Å². The zero-order valence-electron chi connectivity index (χ0n) is 8.75. The Bertz CT molecular complexity index is 346. The summed E-state index contributed by atoms with van der Waals surface area (Å²) < 4.78 is 0. The van der Waals surface area contributed by atoms with Gasteiger partial charge in [-0.1, -0.05) is 0 Å². The molecule has 1 heterocycles. The summed E-state index contributed by atoms with van der Waals surface area (Å²) in [5.41, 5.74) is 0. The maximum Gasteiger partial charge on any atom is 0.315 e. The number of carbonyl (C=O) groups excluding carboxylic acids is 1. The van der Waals surface area contributed by atoms with Crippen LogP contribution in [0.15, 0.2) is 6.20 Å². The molecular formula is C10H15N3OS. The molecule has 2 rings (SSSR count). The van der Waals surface area contributed by atoms with Crippen LogP contribution in [0.25, 0.3) is 0 Å². The molecule has 1 aromatic heterocycles. The van der Waals surface area contributed by atoms with Gasteiger partial charge in [0.15, 0.2) is 0 Å². The van der Waals surface area contributed by atoms with Crippen molar-refractivity contribution in [2.45, 2.75) is 38.8 Å². The molecule has 0 bridgehead atoms. The summed E-state index contributed by atoms with van der Waals surface area (Å²) >= 11 is 1.61. The molecule has 1 aliphatic rings. The molecule has 1 aromatic rings. The maximum atomic E-state index is 11.4. The SMILES string of the molecule is Cc1ncc(CNC(=O)NC2CCC2)s1. The van der Waals surface area contributed by atoms with E-state index in [2.05, 4.69) is 15.6 Å². The summed E-state index contributed by atoms with van der Waals surface area (Å²) in [6, 6.07) is 0.332. The molecule has 0 atom stereocenters. The zero-order chi connectivity index (χ0) is 10.7. The average molecular weight is 225 g/mol. The predicted octanol–water partition coefficient (Wildman–Crippen LogP) is 1.80. The molecule has 4 nitrogen and oxygen atoms in total. The van der Waals surface area contributed by atoms with Crippen molar-refractivity contribution in [1.29, 1.82) is 0 Å². The van der Waals surface area contributed by atoms with Crippen molar-refractivity contribution in [2.24, 2.45) is 0 Å². The molecule has 82 valence electrons. The minimum Gasteiger partial charge on any atom is -0.335 e. The molecule has 2 amide bonds. The lowest BCUT2D eigenvalue weighted by Gasteiger charge is -2.26. The Kier molecular flexibility index (Phi) is 3.20. The number of hydrogen-bond acceptors (Lipinski definition) is 3. The highest BCUT2D eigenvalue weighted by atomic mass is 32.1. The molecule has 1 fully saturated rings. The van der Waals surface area contributed by atoms with Gasteiger partial charge in [-0.3, -0.25) is 0 Å². The van der Waals surface area contributed by atoms with E-state index in [1.165, 1.54) is 6.42 Å². The van der Waals surface area contributed by atoms with Gasteiger partial charge in [-0.05, 0) is 26.2 Å². The summed E-state index contributed by atoms with van der Waals surface area (Å²) in [6.45, 7) is 2.53.